The normalized spacial score (nSPS) is 13.9. The third-order valence-corrected chi connectivity index (χ3v) is 3.92. The molecule has 20 heavy (non-hydrogen) atoms. The summed E-state index contributed by atoms with van der Waals surface area (Å²) >= 11 is 5.76. The number of carbonyl (C=O) groups excluding carboxylic acids is 1. The first kappa shape index (κ1) is 13.1. The van der Waals surface area contributed by atoms with Gasteiger partial charge in [-0.2, -0.15) is 0 Å². The molecular formula is C16H15ClN2O. The first-order valence-electron chi connectivity index (χ1n) is 6.65. The number of rotatable bonds is 2. The fourth-order valence-electron chi connectivity index (χ4n) is 2.46. The van der Waals surface area contributed by atoms with Gasteiger partial charge in [0.2, 0.25) is 0 Å². The molecule has 2 aromatic rings. The van der Waals surface area contributed by atoms with Crippen LogP contribution in [-0.2, 0) is 18.8 Å². The van der Waals surface area contributed by atoms with Crippen LogP contribution in [0.1, 0.15) is 27.2 Å². The van der Waals surface area contributed by atoms with Crippen molar-refractivity contribution in [2.75, 3.05) is 6.54 Å². The number of halogens is 1. The third kappa shape index (κ3) is 2.54. The molecule has 0 saturated carbocycles. The van der Waals surface area contributed by atoms with Crippen LogP contribution in [0.3, 0.4) is 0 Å². The topological polar surface area (TPSA) is 33.2 Å². The highest BCUT2D eigenvalue weighted by Crippen LogP contribution is 2.19. The van der Waals surface area contributed by atoms with Gasteiger partial charge in [-0.15, -0.1) is 11.6 Å². The Morgan fingerprint density at radius 3 is 2.80 bits per heavy atom. The van der Waals surface area contributed by atoms with E-state index in [0.717, 1.165) is 29.8 Å². The van der Waals surface area contributed by atoms with Gasteiger partial charge < -0.3 is 4.90 Å². The number of pyridine rings is 1. The zero-order chi connectivity index (χ0) is 13.9. The van der Waals surface area contributed by atoms with Gasteiger partial charge in [-0.1, -0.05) is 18.2 Å². The van der Waals surface area contributed by atoms with Crippen molar-refractivity contribution in [3.8, 4) is 0 Å². The van der Waals surface area contributed by atoms with Crippen molar-refractivity contribution in [3.63, 3.8) is 0 Å². The summed E-state index contributed by atoms with van der Waals surface area (Å²) in [5.74, 6) is 0.539. The smallest absolute Gasteiger partial charge is 0.254 e. The standard InChI is InChI=1S/C16H15ClN2O/c17-10-12-3-5-13(6-4-12)16(20)19-9-7-15-14(11-19)2-1-8-18-15/h1-6,8H,7,9-11H2. The Morgan fingerprint density at radius 2 is 2.05 bits per heavy atom. The average Bonchev–Trinajstić information content (AvgIpc) is 2.54. The van der Waals surface area contributed by atoms with E-state index in [1.807, 2.05) is 41.3 Å². The van der Waals surface area contributed by atoms with Crippen LogP contribution >= 0.6 is 11.6 Å². The Bertz CT molecular complexity index is 625. The van der Waals surface area contributed by atoms with Crippen LogP contribution in [0.4, 0.5) is 0 Å². The molecule has 0 radical (unpaired) electrons. The largest absolute Gasteiger partial charge is 0.334 e. The number of benzene rings is 1. The molecule has 0 atom stereocenters. The molecule has 0 unspecified atom stereocenters. The van der Waals surface area contributed by atoms with E-state index in [4.69, 9.17) is 11.6 Å². The van der Waals surface area contributed by atoms with Gasteiger partial charge in [0.15, 0.2) is 0 Å². The maximum absolute atomic E-state index is 12.5. The molecule has 1 amide bonds. The SMILES string of the molecule is O=C(c1ccc(CCl)cc1)N1CCc2ncccc2C1. The molecule has 1 aromatic carbocycles. The van der Waals surface area contributed by atoms with Crippen LogP contribution in [0, 0.1) is 0 Å². The van der Waals surface area contributed by atoms with E-state index in [0.29, 0.717) is 18.0 Å². The lowest BCUT2D eigenvalue weighted by Crippen LogP contribution is -2.36. The van der Waals surface area contributed by atoms with Crippen LogP contribution in [0.25, 0.3) is 0 Å². The van der Waals surface area contributed by atoms with Crippen molar-refractivity contribution in [2.24, 2.45) is 0 Å². The number of aromatic nitrogens is 1. The van der Waals surface area contributed by atoms with Gasteiger partial charge in [-0.25, -0.2) is 0 Å². The lowest BCUT2D eigenvalue weighted by molar-refractivity contribution is 0.0733. The van der Waals surface area contributed by atoms with Crippen molar-refractivity contribution in [1.29, 1.82) is 0 Å². The zero-order valence-electron chi connectivity index (χ0n) is 11.1. The Balaban J connectivity index is 1.78. The Kier molecular flexibility index (Phi) is 3.70. The summed E-state index contributed by atoms with van der Waals surface area (Å²) in [6.45, 7) is 1.36. The summed E-state index contributed by atoms with van der Waals surface area (Å²) in [6.07, 6.45) is 2.63. The second-order valence-electron chi connectivity index (χ2n) is 4.92. The van der Waals surface area contributed by atoms with Gasteiger partial charge in [-0.05, 0) is 29.3 Å². The summed E-state index contributed by atoms with van der Waals surface area (Å²) in [7, 11) is 0. The summed E-state index contributed by atoms with van der Waals surface area (Å²) in [5, 5.41) is 0. The van der Waals surface area contributed by atoms with E-state index in [-0.39, 0.29) is 5.91 Å². The van der Waals surface area contributed by atoms with Crippen LogP contribution in [-0.4, -0.2) is 22.3 Å². The van der Waals surface area contributed by atoms with Crippen molar-refractivity contribution in [3.05, 3.63) is 65.0 Å². The van der Waals surface area contributed by atoms with E-state index in [9.17, 15) is 4.79 Å². The quantitative estimate of drug-likeness (QED) is 0.795. The van der Waals surface area contributed by atoms with Crippen molar-refractivity contribution < 1.29 is 4.79 Å². The van der Waals surface area contributed by atoms with Gasteiger partial charge in [0.25, 0.3) is 5.91 Å². The molecule has 0 spiro atoms. The minimum absolute atomic E-state index is 0.0700. The monoisotopic (exact) mass is 286 g/mol. The third-order valence-electron chi connectivity index (χ3n) is 3.61. The van der Waals surface area contributed by atoms with Crippen LogP contribution in [0.2, 0.25) is 0 Å². The van der Waals surface area contributed by atoms with E-state index in [1.54, 1.807) is 6.20 Å². The Morgan fingerprint density at radius 1 is 1.25 bits per heavy atom. The second kappa shape index (κ2) is 5.63. The molecule has 0 aliphatic carbocycles. The summed E-state index contributed by atoms with van der Waals surface area (Å²) in [5.41, 5.74) is 3.99. The van der Waals surface area contributed by atoms with Crippen LogP contribution < -0.4 is 0 Å². The van der Waals surface area contributed by atoms with Gasteiger partial charge in [0.05, 0.1) is 0 Å². The Labute approximate surface area is 123 Å². The number of carbonyl (C=O) groups is 1. The Hall–Kier alpha value is -1.87. The number of hydrogen-bond acceptors (Lipinski definition) is 2. The van der Waals surface area contributed by atoms with E-state index in [1.165, 1.54) is 0 Å². The van der Waals surface area contributed by atoms with Crippen molar-refractivity contribution in [2.45, 2.75) is 18.8 Å². The summed E-state index contributed by atoms with van der Waals surface area (Å²) in [4.78, 5) is 18.7. The minimum atomic E-state index is 0.0700. The highest BCUT2D eigenvalue weighted by atomic mass is 35.5. The molecule has 0 N–H and O–H groups in total. The van der Waals surface area contributed by atoms with Crippen molar-refractivity contribution in [1.82, 2.24) is 9.88 Å². The maximum atomic E-state index is 12.5. The van der Waals surface area contributed by atoms with Gasteiger partial charge in [0.1, 0.15) is 0 Å². The second-order valence-corrected chi connectivity index (χ2v) is 5.18. The molecule has 102 valence electrons. The minimum Gasteiger partial charge on any atom is -0.334 e. The summed E-state index contributed by atoms with van der Waals surface area (Å²) < 4.78 is 0. The molecule has 0 bridgehead atoms. The average molecular weight is 287 g/mol. The maximum Gasteiger partial charge on any atom is 0.254 e. The molecule has 2 heterocycles. The number of hydrogen-bond donors (Lipinski definition) is 0. The number of nitrogens with zero attached hydrogens (tertiary/aromatic N) is 2. The number of amides is 1. The van der Waals surface area contributed by atoms with E-state index < -0.39 is 0 Å². The van der Waals surface area contributed by atoms with E-state index >= 15 is 0 Å². The van der Waals surface area contributed by atoms with Crippen LogP contribution in [0.15, 0.2) is 42.6 Å². The molecule has 1 aromatic heterocycles. The molecule has 3 rings (SSSR count). The fourth-order valence-corrected chi connectivity index (χ4v) is 2.64. The van der Waals surface area contributed by atoms with Gasteiger partial charge in [0, 0.05) is 42.8 Å². The highest BCUT2D eigenvalue weighted by Gasteiger charge is 2.22. The molecular weight excluding hydrogens is 272 g/mol. The predicted octanol–water partition coefficient (Wildman–Crippen LogP) is 3.02. The molecule has 0 saturated heterocycles. The summed E-state index contributed by atoms with van der Waals surface area (Å²) in [6, 6.07) is 11.5. The first-order chi connectivity index (χ1) is 9.78. The lowest BCUT2D eigenvalue weighted by Gasteiger charge is -2.28. The lowest BCUT2D eigenvalue weighted by atomic mass is 10.0. The molecule has 1 aliphatic heterocycles. The van der Waals surface area contributed by atoms with Gasteiger partial charge >= 0.3 is 0 Å². The van der Waals surface area contributed by atoms with Gasteiger partial charge in [-0.3, -0.25) is 9.78 Å². The van der Waals surface area contributed by atoms with Crippen LogP contribution in [0.5, 0.6) is 0 Å². The molecule has 1 aliphatic rings. The van der Waals surface area contributed by atoms with E-state index in [2.05, 4.69) is 4.98 Å². The molecule has 4 heteroatoms. The zero-order valence-corrected chi connectivity index (χ0v) is 11.8. The highest BCUT2D eigenvalue weighted by molar-refractivity contribution is 6.17. The number of alkyl halides is 1. The fraction of sp³-hybridized carbons (Fsp3) is 0.250. The molecule has 0 fully saturated rings. The van der Waals surface area contributed by atoms with Crippen molar-refractivity contribution >= 4 is 17.5 Å². The first-order valence-corrected chi connectivity index (χ1v) is 7.18. The molecule has 3 nitrogen and oxygen atoms in total. The predicted molar refractivity (Wildman–Crippen MR) is 78.7 cm³/mol. The number of fused-ring (bicyclic) bond motifs is 1.